The van der Waals surface area contributed by atoms with Crippen LogP contribution in [0.4, 0.5) is 0 Å². The molecule has 0 aliphatic carbocycles. The van der Waals surface area contributed by atoms with Crippen molar-refractivity contribution in [3.8, 4) is 12.3 Å². The Morgan fingerprint density at radius 2 is 2.25 bits per heavy atom. The Balaban J connectivity index is 2.51. The third-order valence-corrected chi connectivity index (χ3v) is 3.66. The number of aliphatic hydroxyl groups is 2. The fraction of sp³-hybridized carbons (Fsp3) is 0.538. The second kappa shape index (κ2) is 4.90. The first-order chi connectivity index (χ1) is 9.36. The van der Waals surface area contributed by atoms with Gasteiger partial charge in [-0.05, 0) is 6.92 Å². The number of aryl methyl sites for hydroxylation is 1. The molecule has 4 atom stereocenters. The number of nitrogens with zero attached hydrogens (tertiary/aromatic N) is 1. The zero-order chi connectivity index (χ0) is 15.1. The summed E-state index contributed by atoms with van der Waals surface area (Å²) < 4.78 is 6.70. The number of hydrogen-bond acceptors (Lipinski definition) is 5. The third-order valence-electron chi connectivity index (χ3n) is 3.66. The van der Waals surface area contributed by atoms with Gasteiger partial charge >= 0.3 is 5.69 Å². The molecule has 0 amide bonds. The molecule has 1 aliphatic rings. The lowest BCUT2D eigenvalue weighted by molar-refractivity contribution is -0.0919. The van der Waals surface area contributed by atoms with Gasteiger partial charge in [-0.2, -0.15) is 0 Å². The lowest BCUT2D eigenvalue weighted by Gasteiger charge is -2.23. The summed E-state index contributed by atoms with van der Waals surface area (Å²) in [4.78, 5) is 25.4. The maximum Gasteiger partial charge on any atom is 0.330 e. The molecule has 1 aliphatic heterocycles. The van der Waals surface area contributed by atoms with Crippen LogP contribution in [0.25, 0.3) is 0 Å². The van der Waals surface area contributed by atoms with Gasteiger partial charge in [-0.25, -0.2) is 4.79 Å². The highest BCUT2D eigenvalue weighted by molar-refractivity contribution is 5.17. The summed E-state index contributed by atoms with van der Waals surface area (Å²) in [5, 5.41) is 19.5. The van der Waals surface area contributed by atoms with Crippen LogP contribution in [0.5, 0.6) is 0 Å². The highest BCUT2D eigenvalue weighted by Gasteiger charge is 2.52. The second-order valence-electron chi connectivity index (χ2n) is 4.98. The van der Waals surface area contributed by atoms with Crippen LogP contribution >= 0.6 is 0 Å². The zero-order valence-electron chi connectivity index (χ0n) is 11.2. The molecular formula is C13H16N2O5. The van der Waals surface area contributed by atoms with E-state index in [4.69, 9.17) is 11.2 Å². The highest BCUT2D eigenvalue weighted by atomic mass is 16.6. The SMILES string of the molecule is C#C[C@]1(CO)O[C@@H](n2cc(C)c(=O)[nH]c2=O)C(C)[C@@H]1O. The smallest absolute Gasteiger partial charge is 0.330 e. The minimum Gasteiger partial charge on any atom is -0.392 e. The molecule has 1 aromatic heterocycles. The Morgan fingerprint density at radius 3 is 2.75 bits per heavy atom. The summed E-state index contributed by atoms with van der Waals surface area (Å²) in [7, 11) is 0. The van der Waals surface area contributed by atoms with Crippen LogP contribution in [0.1, 0.15) is 18.7 Å². The highest BCUT2D eigenvalue weighted by Crippen LogP contribution is 2.40. The van der Waals surface area contributed by atoms with Gasteiger partial charge in [0.25, 0.3) is 5.56 Å². The molecule has 0 spiro atoms. The lowest BCUT2D eigenvalue weighted by atomic mass is 9.92. The van der Waals surface area contributed by atoms with Crippen molar-refractivity contribution >= 4 is 0 Å². The molecule has 108 valence electrons. The molecule has 1 saturated heterocycles. The van der Waals surface area contributed by atoms with Gasteiger partial charge in [0.15, 0.2) is 5.60 Å². The average molecular weight is 280 g/mol. The Morgan fingerprint density at radius 1 is 1.60 bits per heavy atom. The van der Waals surface area contributed by atoms with E-state index in [0.29, 0.717) is 5.56 Å². The van der Waals surface area contributed by atoms with Crippen LogP contribution in [-0.4, -0.2) is 38.1 Å². The minimum atomic E-state index is -1.55. The molecule has 1 unspecified atom stereocenters. The van der Waals surface area contributed by atoms with Crippen LogP contribution in [0.15, 0.2) is 15.8 Å². The van der Waals surface area contributed by atoms with Crippen molar-refractivity contribution in [1.82, 2.24) is 9.55 Å². The first-order valence-electron chi connectivity index (χ1n) is 6.13. The molecule has 2 rings (SSSR count). The van der Waals surface area contributed by atoms with Gasteiger partial charge in [-0.15, -0.1) is 6.42 Å². The molecule has 20 heavy (non-hydrogen) atoms. The monoisotopic (exact) mass is 280 g/mol. The van der Waals surface area contributed by atoms with E-state index in [1.165, 1.54) is 10.8 Å². The van der Waals surface area contributed by atoms with Crippen molar-refractivity contribution < 1.29 is 14.9 Å². The molecule has 7 heteroatoms. The molecule has 1 aromatic rings. The van der Waals surface area contributed by atoms with Crippen molar-refractivity contribution in [1.29, 1.82) is 0 Å². The van der Waals surface area contributed by atoms with Gasteiger partial charge in [0.05, 0.1) is 6.61 Å². The van der Waals surface area contributed by atoms with Crippen LogP contribution in [0.2, 0.25) is 0 Å². The summed E-state index contributed by atoms with van der Waals surface area (Å²) >= 11 is 0. The molecule has 2 heterocycles. The first kappa shape index (κ1) is 14.5. The number of hydrogen-bond donors (Lipinski definition) is 3. The Bertz CT molecular complexity index is 671. The van der Waals surface area contributed by atoms with Crippen LogP contribution in [0, 0.1) is 25.2 Å². The molecular weight excluding hydrogens is 264 g/mol. The van der Waals surface area contributed by atoms with E-state index in [0.717, 1.165) is 0 Å². The van der Waals surface area contributed by atoms with Crippen LogP contribution < -0.4 is 11.2 Å². The van der Waals surface area contributed by atoms with E-state index in [1.54, 1.807) is 13.8 Å². The quantitative estimate of drug-likeness (QED) is 0.586. The lowest BCUT2D eigenvalue weighted by Crippen LogP contribution is -2.43. The number of rotatable bonds is 2. The van der Waals surface area contributed by atoms with Crippen molar-refractivity contribution in [3.05, 3.63) is 32.6 Å². The Labute approximate surface area is 114 Å². The van der Waals surface area contributed by atoms with Gasteiger partial charge in [-0.3, -0.25) is 14.3 Å². The molecule has 0 radical (unpaired) electrons. The third kappa shape index (κ3) is 1.98. The standard InChI is InChI=1S/C13H16N2O5/c1-4-13(6-16)9(17)8(3)11(20-13)15-5-7(2)10(18)14-12(15)19/h1,5,8-9,11,16-17H,6H2,2-3H3,(H,14,18,19)/t8?,9-,11+,13+/m0/s1. The fourth-order valence-corrected chi connectivity index (χ4v) is 2.35. The van der Waals surface area contributed by atoms with Gasteiger partial charge in [0.2, 0.25) is 0 Å². The van der Waals surface area contributed by atoms with Crippen molar-refractivity contribution in [2.75, 3.05) is 6.61 Å². The molecule has 0 aromatic carbocycles. The number of terminal acetylenes is 1. The Kier molecular flexibility index (Phi) is 3.56. The van der Waals surface area contributed by atoms with E-state index in [2.05, 4.69) is 10.9 Å². The maximum absolute atomic E-state index is 11.9. The van der Waals surface area contributed by atoms with Crippen molar-refractivity contribution in [2.45, 2.75) is 31.8 Å². The summed E-state index contributed by atoms with van der Waals surface area (Å²) in [6, 6.07) is 0. The zero-order valence-corrected chi connectivity index (χ0v) is 11.2. The molecule has 7 nitrogen and oxygen atoms in total. The van der Waals surface area contributed by atoms with Crippen LogP contribution in [-0.2, 0) is 4.74 Å². The summed E-state index contributed by atoms with van der Waals surface area (Å²) in [6.07, 6.45) is 4.68. The number of aliphatic hydroxyl groups excluding tert-OH is 2. The van der Waals surface area contributed by atoms with Crippen LogP contribution in [0.3, 0.4) is 0 Å². The summed E-state index contributed by atoms with van der Waals surface area (Å²) in [5.74, 6) is 1.72. The van der Waals surface area contributed by atoms with E-state index in [9.17, 15) is 19.8 Å². The number of aromatic nitrogens is 2. The van der Waals surface area contributed by atoms with Crippen molar-refractivity contribution in [2.24, 2.45) is 5.92 Å². The number of aromatic amines is 1. The van der Waals surface area contributed by atoms with E-state index in [-0.39, 0.29) is 0 Å². The predicted octanol–water partition coefficient (Wildman–Crippen LogP) is -1.26. The molecule has 0 saturated carbocycles. The number of ether oxygens (including phenoxy) is 1. The first-order valence-corrected chi connectivity index (χ1v) is 6.13. The molecule has 3 N–H and O–H groups in total. The molecule has 1 fully saturated rings. The topological polar surface area (TPSA) is 105 Å². The van der Waals surface area contributed by atoms with E-state index >= 15 is 0 Å². The Hall–Kier alpha value is -1.88. The second-order valence-corrected chi connectivity index (χ2v) is 4.98. The maximum atomic E-state index is 11.9. The average Bonchev–Trinajstić information content (AvgIpc) is 2.68. The number of nitrogens with one attached hydrogen (secondary N) is 1. The molecule has 0 bridgehead atoms. The van der Waals surface area contributed by atoms with E-state index in [1.807, 2.05) is 0 Å². The fourth-order valence-electron chi connectivity index (χ4n) is 2.35. The number of H-pyrrole nitrogens is 1. The van der Waals surface area contributed by atoms with Gasteiger partial charge < -0.3 is 14.9 Å². The minimum absolute atomic E-state index is 0.331. The summed E-state index contributed by atoms with van der Waals surface area (Å²) in [6.45, 7) is 2.63. The summed E-state index contributed by atoms with van der Waals surface area (Å²) in [5.41, 5.74) is -2.36. The van der Waals surface area contributed by atoms with Gasteiger partial charge in [-0.1, -0.05) is 12.8 Å². The largest absolute Gasteiger partial charge is 0.392 e. The predicted molar refractivity (Wildman–Crippen MR) is 70.0 cm³/mol. The van der Waals surface area contributed by atoms with Gasteiger partial charge in [0.1, 0.15) is 12.3 Å². The van der Waals surface area contributed by atoms with Crippen molar-refractivity contribution in [3.63, 3.8) is 0 Å². The normalized spacial score (nSPS) is 33.0. The van der Waals surface area contributed by atoms with E-state index < -0.39 is 41.7 Å². The van der Waals surface area contributed by atoms with Gasteiger partial charge in [0, 0.05) is 17.7 Å².